The van der Waals surface area contributed by atoms with Crippen molar-refractivity contribution >= 4 is 44.7 Å². The van der Waals surface area contributed by atoms with Crippen molar-refractivity contribution in [3.05, 3.63) is 35.9 Å². The zero-order valence-electron chi connectivity index (χ0n) is 24.1. The predicted molar refractivity (Wildman–Crippen MR) is 155 cm³/mol. The summed E-state index contributed by atoms with van der Waals surface area (Å²) in [6.07, 6.45) is -1.85. The minimum absolute atomic E-state index is 0.0263. The molecule has 0 radical (unpaired) electrons. The number of carbonyl (C=O) groups excluding carboxylic acids is 2. The molecule has 1 spiro atoms. The van der Waals surface area contributed by atoms with E-state index < -0.39 is 45.6 Å². The second-order valence-corrected chi connectivity index (χ2v) is 22.0. The zero-order valence-corrected chi connectivity index (χ0v) is 27.7. The molecular formula is C28H41BrN2O6Si2. The Hall–Kier alpha value is -1.40. The quantitative estimate of drug-likeness (QED) is 0.209. The number of hydroxylamine groups is 2. The molecule has 8 nitrogen and oxygen atoms in total. The third-order valence-electron chi connectivity index (χ3n) is 8.69. The molecule has 5 atom stereocenters. The lowest BCUT2D eigenvalue weighted by molar-refractivity contribution is -0.296. The molecule has 0 unspecified atom stereocenters. The van der Waals surface area contributed by atoms with Gasteiger partial charge in [-0.25, -0.2) is 5.06 Å². The number of hydrogen-bond acceptors (Lipinski definition) is 7. The molecule has 1 saturated carbocycles. The van der Waals surface area contributed by atoms with Crippen molar-refractivity contribution in [1.29, 1.82) is 5.26 Å². The van der Waals surface area contributed by atoms with Crippen LogP contribution in [-0.4, -0.2) is 56.4 Å². The third kappa shape index (κ3) is 4.70. The predicted octanol–water partition coefficient (Wildman–Crippen LogP) is 5.90. The van der Waals surface area contributed by atoms with E-state index in [1.807, 2.05) is 30.3 Å². The van der Waals surface area contributed by atoms with Gasteiger partial charge in [-0.1, -0.05) is 102 Å². The molecule has 1 aromatic carbocycles. The maximum absolute atomic E-state index is 14.0. The molecular weight excluding hydrogens is 596 g/mol. The summed E-state index contributed by atoms with van der Waals surface area (Å²) < 4.78 is 21.4. The van der Waals surface area contributed by atoms with E-state index >= 15 is 0 Å². The lowest BCUT2D eigenvalue weighted by atomic mass is 9.63. The summed E-state index contributed by atoms with van der Waals surface area (Å²) in [6, 6.07) is 11.9. The summed E-state index contributed by atoms with van der Waals surface area (Å²) in [6.45, 7) is 17.0. The van der Waals surface area contributed by atoms with Crippen LogP contribution in [0.15, 0.2) is 30.3 Å². The molecule has 3 fully saturated rings. The van der Waals surface area contributed by atoms with E-state index in [9.17, 15) is 14.9 Å². The molecule has 0 bridgehead atoms. The monoisotopic (exact) mass is 636 g/mol. The van der Waals surface area contributed by atoms with Crippen LogP contribution in [0, 0.1) is 17.2 Å². The SMILES string of the molecule is CC(C)[Si]1(C(C)C)O[C@@H]2C(=O)[C@H](Br)[C@H](C#N)[C@]3(CC(=O)N3OCc3ccccc3)[C@@H]2O[Si](C(C)C)(C(C)C)O1. The van der Waals surface area contributed by atoms with Crippen LogP contribution in [0.3, 0.4) is 0 Å². The van der Waals surface area contributed by atoms with Crippen LogP contribution in [0.4, 0.5) is 0 Å². The Bertz CT molecular complexity index is 1110. The van der Waals surface area contributed by atoms with E-state index in [4.69, 9.17) is 17.8 Å². The minimum Gasteiger partial charge on any atom is -0.414 e. The number of Topliss-reactive ketones (excluding diaryl/α,β-unsaturated/α-hetero) is 1. The van der Waals surface area contributed by atoms with Crippen molar-refractivity contribution in [1.82, 2.24) is 5.06 Å². The largest absolute Gasteiger partial charge is 0.414 e. The van der Waals surface area contributed by atoms with Crippen molar-refractivity contribution in [3.8, 4) is 6.07 Å². The van der Waals surface area contributed by atoms with Crippen molar-refractivity contribution in [2.24, 2.45) is 5.92 Å². The van der Waals surface area contributed by atoms with Gasteiger partial charge in [-0.05, 0) is 27.7 Å². The van der Waals surface area contributed by atoms with Crippen molar-refractivity contribution in [2.75, 3.05) is 0 Å². The minimum atomic E-state index is -3.09. The number of benzene rings is 1. The maximum atomic E-state index is 14.0. The van der Waals surface area contributed by atoms with Gasteiger partial charge in [0.2, 0.25) is 5.91 Å². The molecule has 2 aliphatic heterocycles. The van der Waals surface area contributed by atoms with Crippen LogP contribution in [-0.2, 0) is 34.0 Å². The summed E-state index contributed by atoms with van der Waals surface area (Å²) in [7, 11) is -6.15. The molecule has 0 N–H and O–H groups in total. The van der Waals surface area contributed by atoms with Gasteiger partial charge >= 0.3 is 17.1 Å². The average molecular weight is 638 g/mol. The molecule has 2 saturated heterocycles. The summed E-state index contributed by atoms with van der Waals surface area (Å²) in [5.74, 6) is -1.37. The van der Waals surface area contributed by atoms with E-state index in [1.165, 1.54) is 5.06 Å². The van der Waals surface area contributed by atoms with Crippen molar-refractivity contribution in [2.45, 2.75) is 113 Å². The highest BCUT2D eigenvalue weighted by Gasteiger charge is 2.74. The number of carbonyl (C=O) groups is 2. The molecule has 11 heteroatoms. The number of amides is 1. The number of ketones is 1. The molecule has 1 amide bonds. The average Bonchev–Trinajstić information content (AvgIpc) is 3.05. The Labute approximate surface area is 242 Å². The molecule has 0 aromatic heterocycles. The number of halogens is 1. The standard InChI is InChI=1S/C28H41BrN2O6Si2/c1-17(2)38(18(3)4)35-26-25(33)24(29)22(15-30)28(27(26)36-39(37-38,19(5)6)20(7)8)14-23(32)31(28)34-16-21-12-10-9-11-13-21/h9-13,17-20,22,24,26-27H,14,16H2,1-8H3/t22-,24+,26+,27+,28+/m0/s1. The van der Waals surface area contributed by atoms with E-state index in [0.717, 1.165) is 5.56 Å². The normalized spacial score (nSPS) is 31.9. The number of alkyl halides is 1. The van der Waals surface area contributed by atoms with Crippen molar-refractivity contribution in [3.63, 3.8) is 0 Å². The number of β-lactam (4-membered cyclic amide) rings is 1. The van der Waals surface area contributed by atoms with Gasteiger partial charge in [-0.3, -0.25) is 14.4 Å². The van der Waals surface area contributed by atoms with E-state index in [-0.39, 0.29) is 46.9 Å². The molecule has 3 aliphatic rings. The summed E-state index contributed by atoms with van der Waals surface area (Å²) in [5, 5.41) is 11.7. The van der Waals surface area contributed by atoms with Crippen LogP contribution in [0.1, 0.15) is 67.4 Å². The highest BCUT2D eigenvalue weighted by atomic mass is 79.9. The summed E-state index contributed by atoms with van der Waals surface area (Å²) in [4.78, 5) is 32.5. The molecule has 214 valence electrons. The molecule has 1 aliphatic carbocycles. The molecule has 39 heavy (non-hydrogen) atoms. The Morgan fingerprint density at radius 1 is 1.00 bits per heavy atom. The Balaban J connectivity index is 1.89. The first-order chi connectivity index (χ1) is 18.3. The Kier molecular flexibility index (Phi) is 8.71. The van der Waals surface area contributed by atoms with E-state index in [0.29, 0.717) is 0 Å². The van der Waals surface area contributed by atoms with Crippen LogP contribution >= 0.6 is 15.9 Å². The van der Waals surface area contributed by atoms with Crippen LogP contribution in [0.5, 0.6) is 0 Å². The fourth-order valence-electron chi connectivity index (χ4n) is 6.55. The van der Waals surface area contributed by atoms with Gasteiger partial charge in [0.25, 0.3) is 0 Å². The topological polar surface area (TPSA) is 98.1 Å². The highest BCUT2D eigenvalue weighted by Crippen LogP contribution is 2.56. The van der Waals surface area contributed by atoms with Gasteiger partial charge in [-0.15, -0.1) is 0 Å². The first kappa shape index (κ1) is 30.6. The number of hydrogen-bond donors (Lipinski definition) is 0. The number of fused-ring (bicyclic) bond motifs is 2. The zero-order chi connectivity index (χ0) is 28.9. The van der Waals surface area contributed by atoms with Gasteiger partial charge in [0, 0.05) is 0 Å². The number of rotatable bonds is 7. The first-order valence-electron chi connectivity index (χ1n) is 13.9. The van der Waals surface area contributed by atoms with Crippen LogP contribution in [0.2, 0.25) is 22.2 Å². The van der Waals surface area contributed by atoms with Gasteiger partial charge in [0.05, 0.1) is 23.2 Å². The molecule has 2 heterocycles. The van der Waals surface area contributed by atoms with Gasteiger partial charge in [0.15, 0.2) is 5.78 Å². The Morgan fingerprint density at radius 3 is 2.03 bits per heavy atom. The van der Waals surface area contributed by atoms with Gasteiger partial charge < -0.3 is 13.0 Å². The molecule has 4 rings (SSSR count). The summed E-state index contributed by atoms with van der Waals surface area (Å²) >= 11 is 3.54. The smallest absolute Gasteiger partial charge is 0.335 e. The lowest BCUT2D eigenvalue weighted by Crippen LogP contribution is -2.80. The second kappa shape index (κ2) is 11.1. The first-order valence-corrected chi connectivity index (χ1v) is 18.8. The maximum Gasteiger partial charge on any atom is 0.335 e. The molecule has 1 aromatic rings. The van der Waals surface area contributed by atoms with Gasteiger partial charge in [0.1, 0.15) is 24.4 Å². The van der Waals surface area contributed by atoms with E-state index in [2.05, 4.69) is 77.4 Å². The third-order valence-corrected chi connectivity index (χ3v) is 19.9. The number of nitrogens with zero attached hydrogens (tertiary/aromatic N) is 2. The lowest BCUT2D eigenvalue weighted by Gasteiger charge is -2.60. The fourth-order valence-corrected chi connectivity index (χ4v) is 18.7. The number of nitriles is 1. The van der Waals surface area contributed by atoms with Crippen LogP contribution < -0.4 is 0 Å². The van der Waals surface area contributed by atoms with Gasteiger partial charge in [-0.2, -0.15) is 5.26 Å². The Morgan fingerprint density at radius 2 is 1.54 bits per heavy atom. The fraction of sp³-hybridized carbons (Fsp3) is 0.679. The van der Waals surface area contributed by atoms with Crippen LogP contribution in [0.25, 0.3) is 0 Å². The summed E-state index contributed by atoms with van der Waals surface area (Å²) in [5.41, 5.74) is -0.147. The highest BCUT2D eigenvalue weighted by molar-refractivity contribution is 9.10. The second-order valence-electron chi connectivity index (χ2n) is 12.3. The van der Waals surface area contributed by atoms with E-state index in [1.54, 1.807) is 0 Å². The van der Waals surface area contributed by atoms with Crippen molar-refractivity contribution < 1.29 is 27.4 Å².